The van der Waals surface area contributed by atoms with Gasteiger partial charge in [-0.25, -0.2) is 5.43 Å². The molecule has 158 valence electrons. The van der Waals surface area contributed by atoms with Gasteiger partial charge in [0, 0.05) is 22.9 Å². The fourth-order valence-corrected chi connectivity index (χ4v) is 2.88. The number of aryl methyl sites for hydroxylation is 2. The molecule has 31 heavy (non-hydrogen) atoms. The topological polar surface area (TPSA) is 127 Å². The summed E-state index contributed by atoms with van der Waals surface area (Å²) in [5, 5.41) is 17.8. The van der Waals surface area contributed by atoms with E-state index in [0.717, 1.165) is 5.56 Å². The number of nitrogens with one attached hydrogen (secondary N) is 2. The third-order valence-corrected chi connectivity index (χ3v) is 4.64. The molecule has 0 bridgehead atoms. The van der Waals surface area contributed by atoms with E-state index in [1.165, 1.54) is 24.5 Å². The average molecular weight is 420 g/mol. The quantitative estimate of drug-likeness (QED) is 0.351. The number of nitro groups is 1. The van der Waals surface area contributed by atoms with E-state index in [4.69, 9.17) is 4.42 Å². The molecule has 9 nitrogen and oxygen atoms in total. The monoisotopic (exact) mass is 420 g/mol. The highest BCUT2D eigenvalue weighted by Crippen LogP contribution is 2.19. The first-order chi connectivity index (χ1) is 14.8. The van der Waals surface area contributed by atoms with Crippen LogP contribution in [-0.2, 0) is 0 Å². The summed E-state index contributed by atoms with van der Waals surface area (Å²) >= 11 is 0. The zero-order valence-electron chi connectivity index (χ0n) is 17.1. The number of nitrogens with zero attached hydrogens (tertiary/aromatic N) is 2. The molecule has 0 atom stereocenters. The van der Waals surface area contributed by atoms with Crippen molar-refractivity contribution in [3.05, 3.63) is 92.9 Å². The van der Waals surface area contributed by atoms with Crippen molar-refractivity contribution in [1.29, 1.82) is 0 Å². The summed E-state index contributed by atoms with van der Waals surface area (Å²) in [5.41, 5.74) is 5.42. The van der Waals surface area contributed by atoms with Crippen molar-refractivity contribution in [3.63, 3.8) is 0 Å². The molecular weight excluding hydrogens is 400 g/mol. The van der Waals surface area contributed by atoms with Crippen molar-refractivity contribution < 1.29 is 18.9 Å². The van der Waals surface area contributed by atoms with Crippen molar-refractivity contribution in [1.82, 2.24) is 5.43 Å². The smallest absolute Gasteiger partial charge is 0.272 e. The van der Waals surface area contributed by atoms with Crippen LogP contribution in [0.15, 0.2) is 64.3 Å². The molecule has 3 rings (SSSR count). The van der Waals surface area contributed by atoms with Crippen molar-refractivity contribution in [2.45, 2.75) is 20.8 Å². The molecule has 0 aliphatic carbocycles. The number of hydrogen-bond acceptors (Lipinski definition) is 6. The number of rotatable bonds is 6. The van der Waals surface area contributed by atoms with Crippen LogP contribution in [0.25, 0.3) is 0 Å². The van der Waals surface area contributed by atoms with Gasteiger partial charge < -0.3 is 9.73 Å². The number of carbonyl (C=O) groups is 2. The maximum Gasteiger partial charge on any atom is 0.272 e. The molecule has 0 radical (unpaired) electrons. The van der Waals surface area contributed by atoms with Gasteiger partial charge in [-0.15, -0.1) is 0 Å². The molecule has 1 aromatic heterocycles. The van der Waals surface area contributed by atoms with Crippen molar-refractivity contribution in [2.24, 2.45) is 5.10 Å². The van der Waals surface area contributed by atoms with Gasteiger partial charge >= 0.3 is 0 Å². The lowest BCUT2D eigenvalue weighted by molar-refractivity contribution is -0.385. The van der Waals surface area contributed by atoms with Crippen molar-refractivity contribution in [3.8, 4) is 0 Å². The van der Waals surface area contributed by atoms with E-state index in [2.05, 4.69) is 15.8 Å². The standard InChI is InChI=1S/C22H20N4O5/c1-13-12-17(6-9-20(13)26(29)30)21(27)25-24-14(2)16-4-7-18(8-5-16)23-22(28)19-10-11-31-15(19)3/h4-12H,1-3H3,(H,23,28)(H,25,27)/b24-14-. The summed E-state index contributed by atoms with van der Waals surface area (Å²) in [5.74, 6) is -0.206. The van der Waals surface area contributed by atoms with Crippen LogP contribution < -0.4 is 10.7 Å². The second kappa shape index (κ2) is 9.04. The molecule has 2 aromatic carbocycles. The maximum absolute atomic E-state index is 12.3. The number of nitro benzene ring substituents is 1. The van der Waals surface area contributed by atoms with E-state index in [9.17, 15) is 19.7 Å². The van der Waals surface area contributed by atoms with Gasteiger partial charge in [0.15, 0.2) is 0 Å². The Morgan fingerprint density at radius 1 is 1.00 bits per heavy atom. The van der Waals surface area contributed by atoms with Crippen molar-refractivity contribution >= 4 is 28.9 Å². The lowest BCUT2D eigenvalue weighted by Gasteiger charge is -2.07. The van der Waals surface area contributed by atoms with Crippen LogP contribution in [-0.4, -0.2) is 22.4 Å². The Morgan fingerprint density at radius 2 is 1.68 bits per heavy atom. The second-order valence-electron chi connectivity index (χ2n) is 6.82. The SMILES string of the molecule is C/C(=N/NC(=O)c1ccc([N+](=O)[O-])c(C)c1)c1ccc(NC(=O)c2ccoc2C)cc1. The minimum Gasteiger partial charge on any atom is -0.469 e. The number of anilines is 1. The summed E-state index contributed by atoms with van der Waals surface area (Å²) in [7, 11) is 0. The fraction of sp³-hybridized carbons (Fsp3) is 0.136. The van der Waals surface area contributed by atoms with Crippen LogP contribution in [0, 0.1) is 24.0 Å². The van der Waals surface area contributed by atoms with E-state index < -0.39 is 10.8 Å². The van der Waals surface area contributed by atoms with Gasteiger partial charge in [0.05, 0.1) is 22.5 Å². The number of amides is 2. The molecule has 0 aliphatic rings. The van der Waals surface area contributed by atoms with Crippen LogP contribution in [0.5, 0.6) is 0 Å². The number of carbonyl (C=O) groups excluding carboxylic acids is 2. The summed E-state index contributed by atoms with van der Waals surface area (Å²) < 4.78 is 5.13. The minimum atomic E-state index is -0.498. The third kappa shape index (κ3) is 5.02. The zero-order chi connectivity index (χ0) is 22.5. The van der Waals surface area contributed by atoms with Crippen LogP contribution in [0.3, 0.4) is 0 Å². The Morgan fingerprint density at radius 3 is 2.26 bits per heavy atom. The lowest BCUT2D eigenvalue weighted by atomic mass is 10.1. The highest BCUT2D eigenvalue weighted by atomic mass is 16.6. The Bertz CT molecular complexity index is 1180. The number of hydrazone groups is 1. The highest BCUT2D eigenvalue weighted by Gasteiger charge is 2.14. The van der Waals surface area contributed by atoms with E-state index in [1.54, 1.807) is 51.1 Å². The molecule has 2 N–H and O–H groups in total. The lowest BCUT2D eigenvalue weighted by Crippen LogP contribution is -2.19. The fourth-order valence-electron chi connectivity index (χ4n) is 2.88. The predicted molar refractivity (Wildman–Crippen MR) is 115 cm³/mol. The molecule has 3 aromatic rings. The van der Waals surface area contributed by atoms with Gasteiger partial charge in [0.1, 0.15) is 5.76 Å². The first-order valence-electron chi connectivity index (χ1n) is 9.32. The third-order valence-electron chi connectivity index (χ3n) is 4.64. The van der Waals surface area contributed by atoms with Crippen LogP contribution in [0.2, 0.25) is 0 Å². The Balaban J connectivity index is 1.64. The molecule has 0 spiro atoms. The largest absolute Gasteiger partial charge is 0.469 e. The van der Waals surface area contributed by atoms with Gasteiger partial charge in [0.2, 0.25) is 0 Å². The first kappa shape index (κ1) is 21.4. The molecule has 9 heteroatoms. The summed E-state index contributed by atoms with van der Waals surface area (Å²) in [4.78, 5) is 34.9. The van der Waals surface area contributed by atoms with Gasteiger partial charge in [-0.3, -0.25) is 19.7 Å². The predicted octanol–water partition coefficient (Wildman–Crippen LogP) is 4.21. The normalized spacial score (nSPS) is 11.1. The van der Waals surface area contributed by atoms with Crippen LogP contribution in [0.4, 0.5) is 11.4 Å². The summed E-state index contributed by atoms with van der Waals surface area (Å²) in [6.45, 7) is 5.01. The Hall–Kier alpha value is -4.27. The number of hydrogen-bond donors (Lipinski definition) is 2. The highest BCUT2D eigenvalue weighted by molar-refractivity contribution is 6.05. The molecule has 0 saturated heterocycles. The van der Waals surface area contributed by atoms with E-state index in [1.807, 2.05) is 0 Å². The average Bonchev–Trinajstić information content (AvgIpc) is 3.18. The molecule has 0 saturated carbocycles. The molecule has 0 unspecified atom stereocenters. The number of furan rings is 1. The molecule has 1 heterocycles. The minimum absolute atomic E-state index is 0.0497. The summed E-state index contributed by atoms with van der Waals surface area (Å²) in [6, 6.07) is 12.7. The maximum atomic E-state index is 12.3. The van der Waals surface area contributed by atoms with Gasteiger partial charge in [0.25, 0.3) is 17.5 Å². The zero-order valence-corrected chi connectivity index (χ0v) is 17.1. The van der Waals surface area contributed by atoms with Gasteiger partial charge in [-0.05, 0) is 56.7 Å². The second-order valence-corrected chi connectivity index (χ2v) is 6.82. The first-order valence-corrected chi connectivity index (χ1v) is 9.32. The van der Waals surface area contributed by atoms with Crippen LogP contribution >= 0.6 is 0 Å². The van der Waals surface area contributed by atoms with Crippen molar-refractivity contribution in [2.75, 3.05) is 5.32 Å². The van der Waals surface area contributed by atoms with Gasteiger partial charge in [-0.1, -0.05) is 12.1 Å². The van der Waals surface area contributed by atoms with Crippen LogP contribution in [0.1, 0.15) is 44.5 Å². The van der Waals surface area contributed by atoms with E-state index >= 15 is 0 Å². The van der Waals surface area contributed by atoms with Gasteiger partial charge in [-0.2, -0.15) is 5.10 Å². The summed E-state index contributed by atoms with van der Waals surface area (Å²) in [6.07, 6.45) is 1.46. The molecular formula is C22H20N4O5. The molecule has 0 aliphatic heterocycles. The molecule has 0 fully saturated rings. The molecule has 2 amide bonds. The number of benzene rings is 2. The van der Waals surface area contributed by atoms with E-state index in [-0.39, 0.29) is 17.2 Å². The Kier molecular flexibility index (Phi) is 6.25. The van der Waals surface area contributed by atoms with E-state index in [0.29, 0.717) is 28.3 Å². The Labute approximate surface area is 177 Å².